The average molecular weight is 640 g/mol. The highest BCUT2D eigenvalue weighted by Crippen LogP contribution is 2.34. The van der Waals surface area contributed by atoms with Crippen LogP contribution in [0.25, 0.3) is 39.3 Å². The molecule has 244 valence electrons. The summed E-state index contributed by atoms with van der Waals surface area (Å²) in [7, 11) is 4.01. The van der Waals surface area contributed by atoms with E-state index in [1.807, 2.05) is 101 Å². The third-order valence-electron chi connectivity index (χ3n) is 7.90. The molecule has 0 saturated heterocycles. The van der Waals surface area contributed by atoms with Crippen LogP contribution in [0.3, 0.4) is 0 Å². The Morgan fingerprint density at radius 3 is 2.52 bits per heavy atom. The van der Waals surface area contributed by atoms with Crippen LogP contribution in [-0.4, -0.2) is 52.3 Å². The van der Waals surface area contributed by atoms with Crippen molar-refractivity contribution in [1.82, 2.24) is 30.4 Å². The Morgan fingerprint density at radius 2 is 1.81 bits per heavy atom. The molecule has 2 aromatic carbocycles. The number of anilines is 1. The van der Waals surface area contributed by atoms with E-state index in [-0.39, 0.29) is 5.82 Å². The molecule has 4 N–H and O–H groups in total. The molecule has 0 unspecified atom stereocenters. The summed E-state index contributed by atoms with van der Waals surface area (Å²) in [4.78, 5) is 10.6. The summed E-state index contributed by atoms with van der Waals surface area (Å²) in [5.74, 6) is -0.314. The van der Waals surface area contributed by atoms with Crippen LogP contribution in [0, 0.1) is 12.7 Å². The molecule has 0 fully saturated rings. The van der Waals surface area contributed by atoms with E-state index in [9.17, 15) is 4.39 Å². The van der Waals surface area contributed by atoms with E-state index in [1.54, 1.807) is 18.2 Å². The Kier molecular flexibility index (Phi) is 10.7. The molecule has 0 aliphatic heterocycles. The van der Waals surface area contributed by atoms with E-state index in [2.05, 4.69) is 50.5 Å². The first-order valence-electron chi connectivity index (χ1n) is 15.8. The summed E-state index contributed by atoms with van der Waals surface area (Å²) in [6, 6.07) is 20.9. The highest BCUT2D eigenvalue weighted by Gasteiger charge is 2.18. The van der Waals surface area contributed by atoms with Crippen molar-refractivity contribution in [2.24, 2.45) is 0 Å². The highest BCUT2D eigenvalue weighted by molar-refractivity contribution is 5.92. The Labute approximate surface area is 282 Å². The number of H-pyrrole nitrogens is 2. The molecule has 0 amide bonds. The minimum atomic E-state index is -0.314. The molecule has 0 aliphatic rings. The zero-order valence-electron chi connectivity index (χ0n) is 28.0. The van der Waals surface area contributed by atoms with Crippen LogP contribution >= 0.6 is 0 Å². The standard InChI is InChI=1S/C40H42FN7/c1-8-14-34(30-21-31(41)24-33(23-30)42-19-20-48(6)7)35-25-38(44-27(35)5)40-39-37(46-47-40)18-17-36(45-39)28(9-2)22-32(10-3)43-26(4)29-15-12-11-13-16-29/h8-18,21-25,42-44H,1,3-4,19-20H2,2,5-7H3,(H,46,47)/b28-9+,32-22+,34-14-. The first-order chi connectivity index (χ1) is 23.2. The van der Waals surface area contributed by atoms with E-state index < -0.39 is 0 Å². The van der Waals surface area contributed by atoms with Gasteiger partial charge in [0.25, 0.3) is 0 Å². The van der Waals surface area contributed by atoms with Crippen molar-refractivity contribution in [1.29, 1.82) is 0 Å². The fourth-order valence-corrected chi connectivity index (χ4v) is 5.45. The average Bonchev–Trinajstić information content (AvgIpc) is 3.68. The maximum Gasteiger partial charge on any atom is 0.135 e. The number of fused-ring (bicyclic) bond motifs is 1. The number of aromatic amines is 2. The summed E-state index contributed by atoms with van der Waals surface area (Å²) in [6.07, 6.45) is 9.40. The number of hydrogen-bond donors (Lipinski definition) is 4. The van der Waals surface area contributed by atoms with Crippen molar-refractivity contribution in [3.8, 4) is 11.4 Å². The molecular weight excluding hydrogens is 597 g/mol. The number of rotatable bonds is 14. The van der Waals surface area contributed by atoms with Crippen LogP contribution in [0.15, 0.2) is 123 Å². The van der Waals surface area contributed by atoms with Crippen molar-refractivity contribution in [3.05, 3.63) is 156 Å². The van der Waals surface area contributed by atoms with Crippen LogP contribution in [-0.2, 0) is 0 Å². The molecule has 0 bridgehead atoms. The predicted molar refractivity (Wildman–Crippen MR) is 200 cm³/mol. The van der Waals surface area contributed by atoms with Gasteiger partial charge in [0, 0.05) is 41.4 Å². The first kappa shape index (κ1) is 33.6. The predicted octanol–water partition coefficient (Wildman–Crippen LogP) is 8.73. The molecule has 0 radical (unpaired) electrons. The molecule has 7 nitrogen and oxygen atoms in total. The lowest BCUT2D eigenvalue weighted by Crippen LogP contribution is -2.20. The quantitative estimate of drug-likeness (QED) is 0.0914. The first-order valence-corrected chi connectivity index (χ1v) is 15.8. The van der Waals surface area contributed by atoms with Gasteiger partial charge in [0.1, 0.15) is 17.0 Å². The monoisotopic (exact) mass is 639 g/mol. The number of hydrogen-bond acceptors (Lipinski definition) is 5. The van der Waals surface area contributed by atoms with Crippen molar-refractivity contribution >= 4 is 33.6 Å². The number of benzene rings is 2. The second-order valence-electron chi connectivity index (χ2n) is 11.7. The lowest BCUT2D eigenvalue weighted by Gasteiger charge is -2.14. The number of halogens is 1. The number of likely N-dealkylation sites (N-methyl/N-ethyl adjacent to an activating group) is 1. The number of nitrogens with one attached hydrogen (secondary N) is 4. The molecular formula is C40H42FN7. The molecule has 0 atom stereocenters. The number of nitrogens with zero attached hydrogens (tertiary/aromatic N) is 3. The molecule has 0 aliphatic carbocycles. The molecule has 48 heavy (non-hydrogen) atoms. The van der Waals surface area contributed by atoms with Crippen molar-refractivity contribution < 1.29 is 4.39 Å². The van der Waals surface area contributed by atoms with E-state index in [0.717, 1.165) is 79.6 Å². The fraction of sp³-hybridized carbons (Fsp3) is 0.150. The lowest BCUT2D eigenvalue weighted by atomic mass is 9.96. The minimum Gasteiger partial charge on any atom is -0.384 e. The van der Waals surface area contributed by atoms with E-state index in [1.165, 1.54) is 6.07 Å². The lowest BCUT2D eigenvalue weighted by molar-refractivity contribution is 0.425. The SMILES string of the molecule is C=C/C=C(/c1cc(F)cc(NCCN(C)C)c1)c1cc(-c2n[nH]c3ccc(C(/C=C(\C=C)NC(=C)c4ccccc4)=C/C)nc23)[nH]c1C. The molecule has 5 aromatic rings. The van der Waals surface area contributed by atoms with Crippen LogP contribution < -0.4 is 10.6 Å². The third-order valence-corrected chi connectivity index (χ3v) is 7.90. The van der Waals surface area contributed by atoms with Gasteiger partial charge in [-0.25, -0.2) is 9.37 Å². The molecule has 8 heteroatoms. The summed E-state index contributed by atoms with van der Waals surface area (Å²) >= 11 is 0. The number of aromatic nitrogens is 4. The van der Waals surface area contributed by atoms with Gasteiger partial charge in [-0.05, 0) is 98.8 Å². The molecule has 5 rings (SSSR count). The number of allylic oxidation sites excluding steroid dienone is 6. The Morgan fingerprint density at radius 1 is 1.02 bits per heavy atom. The van der Waals surface area contributed by atoms with E-state index in [0.29, 0.717) is 12.2 Å². The zero-order valence-corrected chi connectivity index (χ0v) is 28.0. The van der Waals surface area contributed by atoms with Gasteiger partial charge in [-0.1, -0.05) is 68.3 Å². The molecule has 3 heterocycles. The van der Waals surface area contributed by atoms with E-state index in [4.69, 9.17) is 4.98 Å². The van der Waals surface area contributed by atoms with Crippen LogP contribution in [0.1, 0.15) is 35.0 Å². The van der Waals surface area contributed by atoms with Gasteiger partial charge >= 0.3 is 0 Å². The van der Waals surface area contributed by atoms with Gasteiger partial charge in [-0.15, -0.1) is 0 Å². The largest absolute Gasteiger partial charge is 0.384 e. The Bertz CT molecular complexity index is 2040. The molecule has 0 spiro atoms. The van der Waals surface area contributed by atoms with Crippen molar-refractivity contribution in [2.75, 3.05) is 32.5 Å². The second-order valence-corrected chi connectivity index (χ2v) is 11.7. The van der Waals surface area contributed by atoms with Crippen molar-refractivity contribution in [3.63, 3.8) is 0 Å². The maximum absolute atomic E-state index is 14.9. The summed E-state index contributed by atoms with van der Waals surface area (Å²) in [5.41, 5.74) is 11.4. The van der Waals surface area contributed by atoms with E-state index >= 15 is 0 Å². The summed E-state index contributed by atoms with van der Waals surface area (Å²) in [6.45, 7) is 17.6. The zero-order chi connectivity index (χ0) is 34.2. The molecule has 0 saturated carbocycles. The van der Waals surface area contributed by atoms with Gasteiger partial charge < -0.3 is 20.5 Å². The normalized spacial score (nSPS) is 12.4. The highest BCUT2D eigenvalue weighted by atomic mass is 19.1. The van der Waals surface area contributed by atoms with Gasteiger partial charge in [0.05, 0.1) is 16.9 Å². The second kappa shape index (κ2) is 15.2. The van der Waals surface area contributed by atoms with Crippen LogP contribution in [0.5, 0.6) is 0 Å². The maximum atomic E-state index is 14.9. The van der Waals surface area contributed by atoms with Gasteiger partial charge in [0.15, 0.2) is 0 Å². The number of aryl methyl sites for hydroxylation is 1. The Hall–Kier alpha value is -5.73. The summed E-state index contributed by atoms with van der Waals surface area (Å²) < 4.78 is 14.9. The fourth-order valence-electron chi connectivity index (χ4n) is 5.45. The topological polar surface area (TPSA) is 84.7 Å². The minimum absolute atomic E-state index is 0.314. The molecule has 3 aromatic heterocycles. The number of pyridine rings is 1. The van der Waals surface area contributed by atoms with Gasteiger partial charge in [0.2, 0.25) is 0 Å². The van der Waals surface area contributed by atoms with Crippen LogP contribution in [0.4, 0.5) is 10.1 Å². The van der Waals surface area contributed by atoms with Gasteiger partial charge in [-0.2, -0.15) is 5.10 Å². The third kappa shape index (κ3) is 7.79. The van der Waals surface area contributed by atoms with Crippen LogP contribution in [0.2, 0.25) is 0 Å². The van der Waals surface area contributed by atoms with Gasteiger partial charge in [-0.3, -0.25) is 5.10 Å². The smallest absolute Gasteiger partial charge is 0.135 e. The Balaban J connectivity index is 1.47. The summed E-state index contributed by atoms with van der Waals surface area (Å²) in [5, 5.41) is 14.5. The van der Waals surface area contributed by atoms with Crippen molar-refractivity contribution in [2.45, 2.75) is 13.8 Å².